The fourth-order valence-electron chi connectivity index (χ4n) is 2.14. The molecule has 1 aromatic heterocycles. The molecule has 6 heteroatoms. The van der Waals surface area contributed by atoms with Crippen LogP contribution >= 0.6 is 11.3 Å². The van der Waals surface area contributed by atoms with E-state index in [0.717, 1.165) is 43.6 Å². The molecular formula is C14H24N2O2S2. The molecule has 1 fully saturated rings. The number of nitrogens with one attached hydrogen (secondary N) is 2. The van der Waals surface area contributed by atoms with E-state index in [2.05, 4.69) is 23.9 Å². The summed E-state index contributed by atoms with van der Waals surface area (Å²) in [5.41, 5.74) is 0.232. The van der Waals surface area contributed by atoms with Crippen molar-refractivity contribution in [3.05, 3.63) is 17.0 Å². The number of thiophene rings is 1. The third-order valence-corrected chi connectivity index (χ3v) is 6.95. The zero-order chi connectivity index (χ0) is 14.6. The van der Waals surface area contributed by atoms with Crippen molar-refractivity contribution >= 4 is 21.4 Å². The lowest BCUT2D eigenvalue weighted by atomic mass is 10.1. The molecule has 2 rings (SSSR count). The van der Waals surface area contributed by atoms with Gasteiger partial charge in [-0.1, -0.05) is 13.8 Å². The third-order valence-electron chi connectivity index (χ3n) is 3.97. The Bertz CT molecular complexity index is 533. The molecule has 1 aliphatic rings. The van der Waals surface area contributed by atoms with Gasteiger partial charge in [-0.15, -0.1) is 11.3 Å². The highest BCUT2D eigenvalue weighted by atomic mass is 32.2. The molecule has 1 heterocycles. The van der Waals surface area contributed by atoms with Crippen LogP contribution in [-0.4, -0.2) is 21.5 Å². The van der Waals surface area contributed by atoms with E-state index in [1.807, 2.05) is 6.07 Å². The van der Waals surface area contributed by atoms with E-state index in [1.54, 1.807) is 6.07 Å². The van der Waals surface area contributed by atoms with Crippen molar-refractivity contribution in [3.63, 3.8) is 0 Å². The first-order chi connectivity index (χ1) is 9.51. The van der Waals surface area contributed by atoms with Crippen LogP contribution in [0.2, 0.25) is 0 Å². The van der Waals surface area contributed by atoms with Gasteiger partial charge in [0.2, 0.25) is 10.0 Å². The van der Waals surface area contributed by atoms with Crippen molar-refractivity contribution < 1.29 is 8.42 Å². The quantitative estimate of drug-likeness (QED) is 0.689. The van der Waals surface area contributed by atoms with E-state index in [4.69, 9.17) is 0 Å². The molecule has 0 unspecified atom stereocenters. The first kappa shape index (κ1) is 15.9. The Kier molecular flexibility index (Phi) is 5.23. The summed E-state index contributed by atoms with van der Waals surface area (Å²) < 4.78 is 27.7. The van der Waals surface area contributed by atoms with Gasteiger partial charge < -0.3 is 5.32 Å². The largest absolute Gasteiger partial charge is 0.312 e. The van der Waals surface area contributed by atoms with Crippen molar-refractivity contribution in [1.29, 1.82) is 0 Å². The summed E-state index contributed by atoms with van der Waals surface area (Å²) in [6.07, 6.45) is 4.41. The highest BCUT2D eigenvalue weighted by Crippen LogP contribution is 2.48. The number of hydrogen-bond acceptors (Lipinski definition) is 4. The second kappa shape index (κ2) is 6.56. The SMILES string of the molecule is CCCNCc1ccc(S(=O)(=O)NCC2(CC)CC2)s1. The lowest BCUT2D eigenvalue weighted by Crippen LogP contribution is -2.29. The Hall–Kier alpha value is -0.430. The molecule has 114 valence electrons. The Morgan fingerprint density at radius 2 is 2.05 bits per heavy atom. The van der Waals surface area contributed by atoms with Crippen LogP contribution in [0, 0.1) is 5.41 Å². The molecule has 0 atom stereocenters. The van der Waals surface area contributed by atoms with Gasteiger partial charge in [-0.3, -0.25) is 0 Å². The van der Waals surface area contributed by atoms with Crippen LogP contribution in [0.3, 0.4) is 0 Å². The molecule has 1 aliphatic carbocycles. The van der Waals surface area contributed by atoms with Gasteiger partial charge in [0.25, 0.3) is 0 Å². The van der Waals surface area contributed by atoms with Crippen LogP contribution < -0.4 is 10.0 Å². The molecule has 1 aromatic rings. The monoisotopic (exact) mass is 316 g/mol. The highest BCUT2D eigenvalue weighted by Gasteiger charge is 2.41. The lowest BCUT2D eigenvalue weighted by Gasteiger charge is -2.12. The van der Waals surface area contributed by atoms with Gasteiger partial charge in [0.15, 0.2) is 0 Å². The van der Waals surface area contributed by atoms with Crippen LogP contribution in [0.1, 0.15) is 44.4 Å². The van der Waals surface area contributed by atoms with Crippen molar-refractivity contribution in [2.45, 2.75) is 50.3 Å². The Labute approximate surface area is 126 Å². The van der Waals surface area contributed by atoms with E-state index in [0.29, 0.717) is 10.8 Å². The fraction of sp³-hybridized carbons (Fsp3) is 0.714. The normalized spacial score (nSPS) is 17.3. The van der Waals surface area contributed by atoms with Gasteiger partial charge in [0.1, 0.15) is 4.21 Å². The molecule has 0 amide bonds. The Morgan fingerprint density at radius 1 is 1.30 bits per heavy atom. The smallest absolute Gasteiger partial charge is 0.250 e. The topological polar surface area (TPSA) is 58.2 Å². The van der Waals surface area contributed by atoms with Gasteiger partial charge in [-0.25, -0.2) is 13.1 Å². The Balaban J connectivity index is 1.92. The van der Waals surface area contributed by atoms with Crippen LogP contribution in [-0.2, 0) is 16.6 Å². The number of sulfonamides is 1. The van der Waals surface area contributed by atoms with Crippen molar-refractivity contribution in [2.75, 3.05) is 13.1 Å². The maximum atomic E-state index is 12.2. The van der Waals surface area contributed by atoms with Crippen LogP contribution in [0.15, 0.2) is 16.3 Å². The minimum absolute atomic E-state index is 0.232. The molecule has 0 spiro atoms. The maximum Gasteiger partial charge on any atom is 0.250 e. The molecular weight excluding hydrogens is 292 g/mol. The number of rotatable bonds is 9. The summed E-state index contributed by atoms with van der Waals surface area (Å²) >= 11 is 1.36. The second-order valence-electron chi connectivity index (χ2n) is 5.58. The minimum Gasteiger partial charge on any atom is -0.312 e. The molecule has 1 saturated carbocycles. The van der Waals surface area contributed by atoms with Gasteiger partial charge in [-0.2, -0.15) is 0 Å². The summed E-state index contributed by atoms with van der Waals surface area (Å²) in [7, 11) is -3.33. The summed E-state index contributed by atoms with van der Waals surface area (Å²) in [5.74, 6) is 0. The highest BCUT2D eigenvalue weighted by molar-refractivity contribution is 7.91. The number of hydrogen-bond donors (Lipinski definition) is 2. The van der Waals surface area contributed by atoms with Gasteiger partial charge in [-0.05, 0) is 49.8 Å². The third kappa shape index (κ3) is 4.04. The fourth-order valence-corrected chi connectivity index (χ4v) is 4.66. The van der Waals surface area contributed by atoms with E-state index < -0.39 is 10.0 Å². The van der Waals surface area contributed by atoms with Crippen molar-refractivity contribution in [3.8, 4) is 0 Å². The van der Waals surface area contributed by atoms with E-state index in [9.17, 15) is 8.42 Å². The molecule has 2 N–H and O–H groups in total. The molecule has 4 nitrogen and oxygen atoms in total. The predicted octanol–water partition coefficient (Wildman–Crippen LogP) is 2.72. The van der Waals surface area contributed by atoms with E-state index >= 15 is 0 Å². The van der Waals surface area contributed by atoms with Crippen LogP contribution in [0.25, 0.3) is 0 Å². The average molecular weight is 316 g/mol. The minimum atomic E-state index is -3.33. The summed E-state index contributed by atoms with van der Waals surface area (Å²) in [6.45, 7) is 6.52. The standard InChI is InChI=1S/C14H24N2O2S2/c1-3-9-15-10-12-5-6-13(19-12)20(17,18)16-11-14(4-2)7-8-14/h5-6,15-16H,3-4,7-11H2,1-2H3. The van der Waals surface area contributed by atoms with Crippen molar-refractivity contribution in [1.82, 2.24) is 10.0 Å². The Morgan fingerprint density at radius 3 is 2.65 bits per heavy atom. The zero-order valence-electron chi connectivity index (χ0n) is 12.2. The molecule has 0 aromatic carbocycles. The van der Waals surface area contributed by atoms with Crippen LogP contribution in [0.4, 0.5) is 0 Å². The summed E-state index contributed by atoms with van der Waals surface area (Å²) in [4.78, 5) is 1.07. The maximum absolute atomic E-state index is 12.2. The molecule has 0 saturated heterocycles. The molecule has 0 bridgehead atoms. The molecule has 0 radical (unpaired) electrons. The first-order valence-corrected chi connectivity index (χ1v) is 9.60. The summed E-state index contributed by atoms with van der Waals surface area (Å²) in [6, 6.07) is 3.61. The first-order valence-electron chi connectivity index (χ1n) is 7.30. The average Bonchev–Trinajstić information content (AvgIpc) is 3.06. The second-order valence-corrected chi connectivity index (χ2v) is 8.74. The van der Waals surface area contributed by atoms with E-state index in [1.165, 1.54) is 11.3 Å². The molecule has 20 heavy (non-hydrogen) atoms. The van der Waals surface area contributed by atoms with Crippen LogP contribution in [0.5, 0.6) is 0 Å². The van der Waals surface area contributed by atoms with Gasteiger partial charge >= 0.3 is 0 Å². The van der Waals surface area contributed by atoms with E-state index in [-0.39, 0.29) is 5.41 Å². The summed E-state index contributed by atoms with van der Waals surface area (Å²) in [5, 5.41) is 3.29. The van der Waals surface area contributed by atoms with Gasteiger partial charge in [0.05, 0.1) is 0 Å². The predicted molar refractivity (Wildman–Crippen MR) is 83.5 cm³/mol. The molecule has 0 aliphatic heterocycles. The van der Waals surface area contributed by atoms with Crippen molar-refractivity contribution in [2.24, 2.45) is 5.41 Å². The zero-order valence-corrected chi connectivity index (χ0v) is 13.9. The lowest BCUT2D eigenvalue weighted by molar-refractivity contribution is 0.476. The van der Waals surface area contributed by atoms with Gasteiger partial charge in [0, 0.05) is 18.0 Å².